The van der Waals surface area contributed by atoms with Crippen molar-refractivity contribution in [2.45, 2.75) is 25.4 Å². The van der Waals surface area contributed by atoms with Crippen LogP contribution in [0.1, 0.15) is 28.8 Å². The molecule has 1 heterocycles. The summed E-state index contributed by atoms with van der Waals surface area (Å²) < 4.78 is 0. The topological polar surface area (TPSA) is 194 Å². The van der Waals surface area contributed by atoms with Crippen LogP contribution >= 0.6 is 0 Å². The Balaban J connectivity index is 1.57. The molecule has 0 aliphatic rings. The molecule has 176 valence electrons. The van der Waals surface area contributed by atoms with Gasteiger partial charge in [0.1, 0.15) is 5.82 Å². The number of benzene rings is 2. The molecule has 1 aromatic heterocycles. The van der Waals surface area contributed by atoms with E-state index in [1.807, 2.05) is 24.3 Å². The third kappa shape index (κ3) is 6.66. The van der Waals surface area contributed by atoms with Gasteiger partial charge in [-0.05, 0) is 35.4 Å². The van der Waals surface area contributed by atoms with E-state index in [1.54, 1.807) is 30.5 Å². The number of carboxylic acids is 2. The molecule has 0 bridgehead atoms. The molecule has 3 aromatic rings. The first kappa shape index (κ1) is 24.0. The van der Waals surface area contributed by atoms with Gasteiger partial charge in [-0.2, -0.15) is 4.98 Å². The van der Waals surface area contributed by atoms with Crippen LogP contribution in [0.15, 0.2) is 54.7 Å². The SMILES string of the molecule is Nc1ncc(-c2ccc(CNc3ccc(C(=O)NC(CC(=O)O)CC(=O)O)cc3)cc2)c(N)n1. The molecule has 0 unspecified atom stereocenters. The second-order valence-corrected chi connectivity index (χ2v) is 7.52. The number of rotatable bonds is 10. The number of hydrogen-bond acceptors (Lipinski definition) is 8. The lowest BCUT2D eigenvalue weighted by atomic mass is 10.1. The summed E-state index contributed by atoms with van der Waals surface area (Å²) in [4.78, 5) is 42.1. The second kappa shape index (κ2) is 10.8. The quantitative estimate of drug-likeness (QED) is 0.258. The Labute approximate surface area is 194 Å². The summed E-state index contributed by atoms with van der Waals surface area (Å²) in [7, 11) is 0. The van der Waals surface area contributed by atoms with Crippen molar-refractivity contribution >= 4 is 35.3 Å². The van der Waals surface area contributed by atoms with Crippen LogP contribution in [0, 0.1) is 0 Å². The van der Waals surface area contributed by atoms with Crippen molar-refractivity contribution in [3.63, 3.8) is 0 Å². The number of nitrogens with one attached hydrogen (secondary N) is 2. The fourth-order valence-corrected chi connectivity index (χ4v) is 3.24. The maximum absolute atomic E-state index is 12.4. The van der Waals surface area contributed by atoms with Crippen LogP contribution in [0.4, 0.5) is 17.5 Å². The molecule has 2 aromatic carbocycles. The fourth-order valence-electron chi connectivity index (χ4n) is 3.24. The predicted octanol–water partition coefficient (Wildman–Crippen LogP) is 1.97. The van der Waals surface area contributed by atoms with E-state index >= 15 is 0 Å². The number of nitrogens with two attached hydrogens (primary N) is 2. The number of aromatic nitrogens is 2. The third-order valence-corrected chi connectivity index (χ3v) is 4.92. The molecule has 34 heavy (non-hydrogen) atoms. The number of nitrogens with zero attached hydrogens (tertiary/aromatic N) is 2. The molecule has 0 aliphatic carbocycles. The van der Waals surface area contributed by atoms with E-state index in [4.69, 9.17) is 21.7 Å². The number of aliphatic carboxylic acids is 2. The summed E-state index contributed by atoms with van der Waals surface area (Å²) in [6.07, 6.45) is 0.622. The Morgan fingerprint density at radius 1 is 0.912 bits per heavy atom. The van der Waals surface area contributed by atoms with Crippen LogP contribution in [0.25, 0.3) is 11.1 Å². The van der Waals surface area contributed by atoms with Crippen LogP contribution in [0.5, 0.6) is 0 Å². The summed E-state index contributed by atoms with van der Waals surface area (Å²) in [5.41, 5.74) is 15.1. The third-order valence-electron chi connectivity index (χ3n) is 4.92. The van der Waals surface area contributed by atoms with Crippen molar-refractivity contribution < 1.29 is 24.6 Å². The molecular weight excluding hydrogens is 440 g/mol. The average molecular weight is 464 g/mol. The molecule has 0 aliphatic heterocycles. The van der Waals surface area contributed by atoms with E-state index in [0.717, 1.165) is 16.8 Å². The first-order valence-electron chi connectivity index (χ1n) is 10.3. The molecule has 0 saturated heterocycles. The molecule has 1 amide bonds. The van der Waals surface area contributed by atoms with Crippen molar-refractivity contribution in [2.24, 2.45) is 0 Å². The summed E-state index contributed by atoms with van der Waals surface area (Å²) in [5.74, 6) is -2.50. The molecule has 11 nitrogen and oxygen atoms in total. The minimum absolute atomic E-state index is 0.117. The lowest BCUT2D eigenvalue weighted by Crippen LogP contribution is -2.38. The lowest BCUT2D eigenvalue weighted by Gasteiger charge is -2.15. The zero-order valence-corrected chi connectivity index (χ0v) is 18.1. The number of nitrogen functional groups attached to an aromatic ring is 2. The van der Waals surface area contributed by atoms with Crippen molar-refractivity contribution in [3.8, 4) is 11.1 Å². The van der Waals surface area contributed by atoms with Gasteiger partial charge in [0.15, 0.2) is 0 Å². The molecule has 0 spiro atoms. The van der Waals surface area contributed by atoms with Gasteiger partial charge in [-0.3, -0.25) is 14.4 Å². The van der Waals surface area contributed by atoms with Gasteiger partial charge in [-0.15, -0.1) is 0 Å². The maximum atomic E-state index is 12.4. The van der Waals surface area contributed by atoms with E-state index in [-0.39, 0.29) is 5.95 Å². The standard InChI is InChI=1S/C23H24N6O5/c24-21-18(12-27-23(25)29-21)14-3-1-13(2-4-14)11-26-16-7-5-15(6-8-16)22(34)28-17(9-19(30)31)10-20(32)33/h1-8,12,17,26H,9-11H2,(H,28,34)(H,30,31)(H,32,33)(H4,24,25,27,29). The monoisotopic (exact) mass is 464 g/mol. The lowest BCUT2D eigenvalue weighted by molar-refractivity contribution is -0.139. The summed E-state index contributed by atoms with van der Waals surface area (Å²) in [6, 6.07) is 13.2. The highest BCUT2D eigenvalue weighted by molar-refractivity contribution is 5.95. The first-order valence-corrected chi connectivity index (χ1v) is 10.3. The summed E-state index contributed by atoms with van der Waals surface area (Å²) in [5, 5.41) is 23.5. The van der Waals surface area contributed by atoms with Gasteiger partial charge >= 0.3 is 11.9 Å². The number of carbonyl (C=O) groups is 3. The van der Waals surface area contributed by atoms with Crippen LogP contribution in [0.3, 0.4) is 0 Å². The van der Waals surface area contributed by atoms with Crippen molar-refractivity contribution in [3.05, 3.63) is 65.9 Å². The Hall–Kier alpha value is -4.67. The Kier molecular flexibility index (Phi) is 7.60. The minimum Gasteiger partial charge on any atom is -0.481 e. The Morgan fingerprint density at radius 3 is 2.09 bits per heavy atom. The van der Waals surface area contributed by atoms with Crippen LogP contribution < -0.4 is 22.1 Å². The van der Waals surface area contributed by atoms with E-state index in [9.17, 15) is 14.4 Å². The molecular formula is C23H24N6O5. The van der Waals surface area contributed by atoms with Crippen molar-refractivity contribution in [2.75, 3.05) is 16.8 Å². The number of anilines is 3. The van der Waals surface area contributed by atoms with Gasteiger partial charge in [-0.1, -0.05) is 24.3 Å². The average Bonchev–Trinajstić information content (AvgIpc) is 2.77. The van der Waals surface area contributed by atoms with Gasteiger partial charge in [0.2, 0.25) is 5.95 Å². The highest BCUT2D eigenvalue weighted by Gasteiger charge is 2.20. The van der Waals surface area contributed by atoms with E-state index < -0.39 is 36.7 Å². The van der Waals surface area contributed by atoms with Gasteiger partial charge in [0.25, 0.3) is 5.91 Å². The Morgan fingerprint density at radius 2 is 1.53 bits per heavy atom. The van der Waals surface area contributed by atoms with Gasteiger partial charge in [0, 0.05) is 29.6 Å². The molecule has 0 saturated carbocycles. The molecule has 0 radical (unpaired) electrons. The highest BCUT2D eigenvalue weighted by atomic mass is 16.4. The largest absolute Gasteiger partial charge is 0.481 e. The zero-order chi connectivity index (χ0) is 24.7. The molecule has 8 N–H and O–H groups in total. The molecule has 11 heteroatoms. The van der Waals surface area contributed by atoms with Gasteiger partial charge < -0.3 is 32.3 Å². The van der Waals surface area contributed by atoms with Gasteiger partial charge in [0.05, 0.1) is 18.9 Å². The Bertz CT molecular complexity index is 1170. The summed E-state index contributed by atoms with van der Waals surface area (Å²) >= 11 is 0. The first-order chi connectivity index (χ1) is 16.2. The van der Waals surface area contributed by atoms with E-state index in [2.05, 4.69) is 20.6 Å². The number of carbonyl (C=O) groups excluding carboxylic acids is 1. The predicted molar refractivity (Wildman–Crippen MR) is 126 cm³/mol. The van der Waals surface area contributed by atoms with Crippen LogP contribution in [0.2, 0.25) is 0 Å². The number of amides is 1. The smallest absolute Gasteiger partial charge is 0.305 e. The molecule has 3 rings (SSSR count). The molecule has 0 atom stereocenters. The zero-order valence-electron chi connectivity index (χ0n) is 18.1. The van der Waals surface area contributed by atoms with E-state index in [1.165, 1.54) is 0 Å². The van der Waals surface area contributed by atoms with Crippen molar-refractivity contribution in [1.29, 1.82) is 0 Å². The summed E-state index contributed by atoms with van der Waals surface area (Å²) in [6.45, 7) is 0.527. The minimum atomic E-state index is -1.19. The maximum Gasteiger partial charge on any atom is 0.305 e. The fraction of sp³-hybridized carbons (Fsp3) is 0.174. The number of carboxylic acid groups (broad SMARTS) is 2. The number of hydrogen-bond donors (Lipinski definition) is 6. The normalized spacial score (nSPS) is 10.6. The van der Waals surface area contributed by atoms with Crippen LogP contribution in [-0.2, 0) is 16.1 Å². The second-order valence-electron chi connectivity index (χ2n) is 7.52. The van der Waals surface area contributed by atoms with Gasteiger partial charge in [-0.25, -0.2) is 4.98 Å². The van der Waals surface area contributed by atoms with Crippen LogP contribution in [-0.4, -0.2) is 44.1 Å². The highest BCUT2D eigenvalue weighted by Crippen LogP contribution is 2.24. The van der Waals surface area contributed by atoms with E-state index in [0.29, 0.717) is 23.5 Å². The molecule has 0 fully saturated rings. The van der Waals surface area contributed by atoms with Crippen molar-refractivity contribution in [1.82, 2.24) is 15.3 Å².